The van der Waals surface area contributed by atoms with E-state index in [9.17, 15) is 5.48 Å². The Morgan fingerprint density at radius 2 is 0.833 bits per heavy atom. The average Bonchev–Trinajstić information content (AvgIpc) is 3.21. The van der Waals surface area contributed by atoms with Gasteiger partial charge in [-0.05, 0) is 95.0 Å². The van der Waals surface area contributed by atoms with E-state index >= 15 is 0 Å². The van der Waals surface area contributed by atoms with Crippen molar-refractivity contribution < 1.29 is 17.8 Å². The fourth-order valence-corrected chi connectivity index (χ4v) is 5.72. The van der Waals surface area contributed by atoms with E-state index < -0.39 is 84.1 Å². The van der Waals surface area contributed by atoms with Crippen LogP contribution < -0.4 is 0 Å². The van der Waals surface area contributed by atoms with Crippen LogP contribution in [0.15, 0.2) is 170 Å². The third kappa shape index (κ3) is 4.08. The standard InChI is InChI=1S/C42H28/c1-4-14-29(15-5-1)32-24-25-35-33(26-32)27-34(28-40(35)30-16-6-2-7-17-30)42-38-22-12-10-20-36(38)41(31-18-8-3-9-19-31)37-21-11-13-23-39(37)42/h1-28H/i3D,8D,9D,10D,11D,12D,13D,18D,19D,20D,21D,22D,23D. The summed E-state index contributed by atoms with van der Waals surface area (Å²) in [7, 11) is 0. The van der Waals surface area contributed by atoms with E-state index in [1.54, 1.807) is 0 Å². The Bertz CT molecular complexity index is 2830. The van der Waals surface area contributed by atoms with Gasteiger partial charge in [-0.25, -0.2) is 0 Å². The van der Waals surface area contributed by atoms with Crippen LogP contribution in [0.3, 0.4) is 0 Å². The molecule has 0 bridgehead atoms. The van der Waals surface area contributed by atoms with Crippen LogP contribution in [0.4, 0.5) is 0 Å². The smallest absolute Gasteiger partial charge is 0.0622 e. The SMILES string of the molecule is [2H]c1c([2H])c([2H])c(-c2c3c([2H])c([2H])c([2H])c([2H])c3c(-c3cc(-c4ccccc4)c4ccc(-c5ccccc5)cc4c3)c3c([2H])c([2H])c([2H])c([2H])c23)c([2H])c1[2H]. The number of fused-ring (bicyclic) bond motifs is 3. The highest BCUT2D eigenvalue weighted by Gasteiger charge is 2.18. The van der Waals surface area contributed by atoms with Crippen LogP contribution in [0.25, 0.3) is 76.8 Å². The first-order chi connectivity index (χ1) is 26.2. The fourth-order valence-electron chi connectivity index (χ4n) is 5.72. The van der Waals surface area contributed by atoms with Crippen molar-refractivity contribution in [2.45, 2.75) is 0 Å². The van der Waals surface area contributed by atoms with E-state index in [2.05, 4.69) is 0 Å². The van der Waals surface area contributed by atoms with Gasteiger partial charge in [0.25, 0.3) is 0 Å². The lowest BCUT2D eigenvalue weighted by molar-refractivity contribution is 1.62. The number of rotatable bonds is 4. The summed E-state index contributed by atoms with van der Waals surface area (Å²) in [6.07, 6.45) is 0. The van der Waals surface area contributed by atoms with Crippen LogP contribution >= 0.6 is 0 Å². The van der Waals surface area contributed by atoms with E-state index in [0.29, 0.717) is 5.56 Å². The third-order valence-electron chi connectivity index (χ3n) is 7.56. The Balaban J connectivity index is 1.67. The molecule has 8 rings (SSSR count). The van der Waals surface area contributed by atoms with E-state index in [1.807, 2.05) is 91.0 Å². The Kier molecular flexibility index (Phi) is 3.50. The predicted octanol–water partition coefficient (Wildman–Crippen LogP) is 11.8. The van der Waals surface area contributed by atoms with Gasteiger partial charge in [0.1, 0.15) is 0 Å². The quantitative estimate of drug-likeness (QED) is 0.193. The highest BCUT2D eigenvalue weighted by atomic mass is 14.2. The molecule has 0 atom stereocenters. The minimum atomic E-state index is -0.709. The summed E-state index contributed by atoms with van der Waals surface area (Å²) in [5.74, 6) is 0. The molecule has 0 aliphatic heterocycles. The average molecular weight is 546 g/mol. The van der Waals surface area contributed by atoms with Gasteiger partial charge in [-0.2, -0.15) is 0 Å². The molecule has 0 aliphatic carbocycles. The molecule has 0 spiro atoms. The highest BCUT2D eigenvalue weighted by Crippen LogP contribution is 2.45. The minimum absolute atomic E-state index is 0.0873. The molecule has 0 amide bonds. The molecule has 0 nitrogen and oxygen atoms in total. The van der Waals surface area contributed by atoms with Crippen molar-refractivity contribution in [1.29, 1.82) is 0 Å². The van der Waals surface area contributed by atoms with Crippen LogP contribution in [0.1, 0.15) is 17.8 Å². The molecular weight excluding hydrogens is 504 g/mol. The first kappa shape index (κ1) is 14.4. The van der Waals surface area contributed by atoms with Crippen LogP contribution in [-0.2, 0) is 0 Å². The maximum absolute atomic E-state index is 9.34. The van der Waals surface area contributed by atoms with Crippen LogP contribution in [0, 0.1) is 0 Å². The Morgan fingerprint density at radius 3 is 1.43 bits per heavy atom. The summed E-state index contributed by atoms with van der Waals surface area (Å²) >= 11 is 0. The molecule has 8 aromatic carbocycles. The molecular formula is C42H28. The molecule has 0 heterocycles. The van der Waals surface area contributed by atoms with Gasteiger partial charge < -0.3 is 0 Å². The molecule has 0 unspecified atom stereocenters. The minimum Gasteiger partial charge on any atom is -0.0622 e. The van der Waals surface area contributed by atoms with Crippen molar-refractivity contribution in [3.63, 3.8) is 0 Å². The summed E-state index contributed by atoms with van der Waals surface area (Å²) in [4.78, 5) is 0. The van der Waals surface area contributed by atoms with Crippen molar-refractivity contribution >= 4 is 32.3 Å². The molecule has 0 saturated heterocycles. The number of benzene rings is 8. The Morgan fingerprint density at radius 1 is 0.333 bits per heavy atom. The Labute approximate surface area is 264 Å². The van der Waals surface area contributed by atoms with E-state index in [1.165, 1.54) is 0 Å². The zero-order valence-electron chi connectivity index (χ0n) is 35.2. The van der Waals surface area contributed by atoms with Gasteiger partial charge >= 0.3 is 0 Å². The van der Waals surface area contributed by atoms with Gasteiger partial charge in [0.15, 0.2) is 0 Å². The van der Waals surface area contributed by atoms with Crippen molar-refractivity contribution in [3.8, 4) is 44.5 Å². The van der Waals surface area contributed by atoms with Crippen molar-refractivity contribution in [2.75, 3.05) is 0 Å². The van der Waals surface area contributed by atoms with Crippen molar-refractivity contribution in [2.24, 2.45) is 0 Å². The van der Waals surface area contributed by atoms with E-state index in [0.717, 1.165) is 33.0 Å². The van der Waals surface area contributed by atoms with Crippen LogP contribution in [0.2, 0.25) is 0 Å². The molecule has 0 radical (unpaired) electrons. The normalized spacial score (nSPS) is 15.7. The van der Waals surface area contributed by atoms with Gasteiger partial charge in [-0.15, -0.1) is 0 Å². The molecule has 0 fully saturated rings. The Hall–Kier alpha value is -5.46. The van der Waals surface area contributed by atoms with Gasteiger partial charge in [-0.1, -0.05) is 151 Å². The second-order valence-electron chi connectivity index (χ2n) is 9.94. The van der Waals surface area contributed by atoms with Gasteiger partial charge in [0, 0.05) is 0 Å². The number of hydrogen-bond acceptors (Lipinski definition) is 0. The topological polar surface area (TPSA) is 0 Å². The summed E-state index contributed by atoms with van der Waals surface area (Å²) in [5, 5.41) is 0.886. The van der Waals surface area contributed by atoms with Gasteiger partial charge in [0.2, 0.25) is 0 Å². The van der Waals surface area contributed by atoms with Crippen LogP contribution in [0.5, 0.6) is 0 Å². The lowest BCUT2D eigenvalue weighted by atomic mass is 9.84. The lowest BCUT2D eigenvalue weighted by Gasteiger charge is -2.19. The van der Waals surface area contributed by atoms with Crippen LogP contribution in [-0.4, -0.2) is 0 Å². The number of hydrogen-bond donors (Lipinski definition) is 0. The zero-order chi connectivity index (χ0) is 39.2. The largest absolute Gasteiger partial charge is 0.0629 e. The first-order valence-corrected chi connectivity index (χ1v) is 13.5. The van der Waals surface area contributed by atoms with Gasteiger partial charge in [0.05, 0.1) is 17.8 Å². The molecule has 0 aliphatic rings. The first-order valence-electron chi connectivity index (χ1n) is 20.0. The molecule has 8 aromatic rings. The monoisotopic (exact) mass is 545 g/mol. The fraction of sp³-hybridized carbons (Fsp3) is 0. The summed E-state index contributed by atoms with van der Waals surface area (Å²) in [6.45, 7) is 0. The molecule has 0 aromatic heterocycles. The molecule has 42 heavy (non-hydrogen) atoms. The summed E-state index contributed by atoms with van der Waals surface area (Å²) in [5.41, 5.74) is 3.16. The third-order valence-corrected chi connectivity index (χ3v) is 7.56. The predicted molar refractivity (Wildman–Crippen MR) is 181 cm³/mol. The van der Waals surface area contributed by atoms with E-state index in [4.69, 9.17) is 12.3 Å². The van der Waals surface area contributed by atoms with Crippen molar-refractivity contribution in [3.05, 3.63) is 170 Å². The van der Waals surface area contributed by atoms with Crippen molar-refractivity contribution in [1.82, 2.24) is 0 Å². The lowest BCUT2D eigenvalue weighted by Crippen LogP contribution is -1.92. The molecule has 0 N–H and O–H groups in total. The second-order valence-corrected chi connectivity index (χ2v) is 9.94. The maximum Gasteiger partial charge on any atom is 0.0629 e. The molecule has 196 valence electrons. The second kappa shape index (κ2) is 10.2. The molecule has 0 saturated carbocycles. The summed E-state index contributed by atoms with van der Waals surface area (Å²) in [6, 6.07) is 20.7. The molecule has 0 heteroatoms. The zero-order valence-corrected chi connectivity index (χ0v) is 22.2. The van der Waals surface area contributed by atoms with E-state index in [-0.39, 0.29) is 32.7 Å². The van der Waals surface area contributed by atoms with Gasteiger partial charge in [-0.3, -0.25) is 0 Å². The maximum atomic E-state index is 9.34. The highest BCUT2D eigenvalue weighted by molar-refractivity contribution is 6.22. The summed E-state index contributed by atoms with van der Waals surface area (Å²) < 4.78 is 115.